The van der Waals surface area contributed by atoms with E-state index >= 15 is 0 Å². The van der Waals surface area contributed by atoms with Crippen molar-refractivity contribution in [3.05, 3.63) is 144 Å². The molecule has 12 heterocycles. The van der Waals surface area contributed by atoms with Gasteiger partial charge < -0.3 is 30.7 Å². The van der Waals surface area contributed by atoms with Crippen LogP contribution in [-0.4, -0.2) is 126 Å². The van der Waals surface area contributed by atoms with Crippen molar-refractivity contribution in [1.82, 2.24) is 74.8 Å². The van der Waals surface area contributed by atoms with E-state index in [1.54, 1.807) is 11.8 Å². The maximum Gasteiger partial charge on any atom is 0.433 e. The molecular formula is C62H53F21N22S2. The van der Waals surface area contributed by atoms with E-state index in [2.05, 4.69) is 111 Å². The smallest absolute Gasteiger partial charge is 0.340 e. The van der Waals surface area contributed by atoms with Gasteiger partial charge in [-0.2, -0.15) is 156 Å². The van der Waals surface area contributed by atoms with E-state index in [1.165, 1.54) is 30.3 Å². The lowest BCUT2D eigenvalue weighted by atomic mass is 9.92. The molecule has 570 valence electrons. The number of anilines is 9. The van der Waals surface area contributed by atoms with Crippen LogP contribution in [0, 0.1) is 28.6 Å². The third-order valence-electron chi connectivity index (χ3n) is 15.8. The molecule has 22 nitrogen and oxygen atoms in total. The Morgan fingerprint density at radius 1 is 0.402 bits per heavy atom. The Bertz CT molecular complexity index is 4650. The van der Waals surface area contributed by atoms with Gasteiger partial charge in [0.25, 0.3) is 5.92 Å². The molecular weight excluding hydrogens is 1520 g/mol. The summed E-state index contributed by atoms with van der Waals surface area (Å²) in [5.74, 6) is -5.24. The monoisotopic (exact) mass is 1570 g/mol. The van der Waals surface area contributed by atoms with Gasteiger partial charge in [0.15, 0.2) is 23.1 Å². The van der Waals surface area contributed by atoms with Crippen molar-refractivity contribution in [2.24, 2.45) is 17.3 Å². The summed E-state index contributed by atoms with van der Waals surface area (Å²) < 4.78 is 278. The molecule has 45 heteroatoms. The van der Waals surface area contributed by atoms with Gasteiger partial charge in [0.1, 0.15) is 51.2 Å². The van der Waals surface area contributed by atoms with Crippen LogP contribution < -0.4 is 30.7 Å². The van der Waals surface area contributed by atoms with Gasteiger partial charge in [-0.25, -0.2) is 28.1 Å². The molecule has 107 heavy (non-hydrogen) atoms. The molecule has 0 amide bonds. The lowest BCUT2D eigenvalue weighted by molar-refractivity contribution is -0.141. The van der Waals surface area contributed by atoms with Crippen LogP contribution in [0.5, 0.6) is 0 Å². The number of nitriles is 1. The number of nitrogens with zero attached hydrogens (tertiary/aromatic N) is 19. The Labute approximate surface area is 604 Å². The lowest BCUT2D eigenvalue weighted by Gasteiger charge is -2.19. The summed E-state index contributed by atoms with van der Waals surface area (Å²) in [5, 5.41) is 17.1. The van der Waals surface area contributed by atoms with Gasteiger partial charge in [0, 0.05) is 61.8 Å². The molecule has 3 aliphatic heterocycles. The van der Waals surface area contributed by atoms with E-state index in [0.717, 1.165) is 72.0 Å². The van der Waals surface area contributed by atoms with Crippen LogP contribution in [0.25, 0.3) is 34.6 Å². The van der Waals surface area contributed by atoms with Gasteiger partial charge >= 0.3 is 37.1 Å². The highest BCUT2D eigenvalue weighted by Crippen LogP contribution is 2.43. The highest BCUT2D eigenvalue weighted by atomic mass is 32.1. The van der Waals surface area contributed by atoms with E-state index in [4.69, 9.17) is 0 Å². The molecule has 12 rings (SSSR count). The van der Waals surface area contributed by atoms with Crippen molar-refractivity contribution in [3.63, 3.8) is 0 Å². The van der Waals surface area contributed by atoms with Crippen molar-refractivity contribution in [2.75, 3.05) is 69.9 Å². The van der Waals surface area contributed by atoms with E-state index in [9.17, 15) is 97.5 Å². The molecule has 9 aromatic heterocycles. The fourth-order valence-electron chi connectivity index (χ4n) is 10.2. The first-order valence-corrected chi connectivity index (χ1v) is 30.4. The van der Waals surface area contributed by atoms with Gasteiger partial charge in [-0.15, -0.1) is 0 Å². The van der Waals surface area contributed by atoms with Crippen LogP contribution >= 0.6 is 27.0 Å². The third-order valence-corrected chi connectivity index (χ3v) is 15.8. The number of rotatable bonds is 12. The number of alkyl halides is 21. The molecule has 0 spiro atoms. The van der Waals surface area contributed by atoms with Crippen LogP contribution in [-0.2, 0) is 37.1 Å². The first-order chi connectivity index (χ1) is 48.8. The SMILES string of the molecule is CC1(C#N)CCN(c2nc(Nc3ccnc(C(F)(F)F)c3)nc(-c3cccc(C(F)(F)F)n3)n2)C1.CC1(F)CN(c2nc(Nc3ccnc(C(F)(F)F)c3)nc(-c3cccc(C(F)(F)F)n3)n2)CC1(F)F.C[C@@H]1CN(c2nc(Nc3ccnc(C(F)(F)F)c3)nc(-c3cccc(C(F)(F)F)n3)n2)C[C@H]1C.S.S. The molecule has 0 bridgehead atoms. The lowest BCUT2D eigenvalue weighted by Crippen LogP contribution is -2.39. The first-order valence-electron chi connectivity index (χ1n) is 30.4. The van der Waals surface area contributed by atoms with E-state index in [-0.39, 0.29) is 97.4 Å². The fraction of sp³-hybridized carbons (Fsp3) is 0.355. The summed E-state index contributed by atoms with van der Waals surface area (Å²) in [6, 6.07) is 17.3. The van der Waals surface area contributed by atoms with Gasteiger partial charge in [-0.1, -0.05) is 32.0 Å². The largest absolute Gasteiger partial charge is 0.433 e. The maximum atomic E-state index is 14.4. The van der Waals surface area contributed by atoms with Crippen molar-refractivity contribution >= 4 is 79.7 Å². The minimum atomic E-state index is -4.83. The molecule has 3 fully saturated rings. The number of pyridine rings is 6. The van der Waals surface area contributed by atoms with Crippen LogP contribution in [0.1, 0.15) is 68.3 Å². The molecule has 3 N–H and O–H groups in total. The Hall–Kier alpha value is -10.6. The highest BCUT2D eigenvalue weighted by Gasteiger charge is 2.59. The summed E-state index contributed by atoms with van der Waals surface area (Å²) in [6.45, 7) is 6.33. The molecule has 0 aromatic carbocycles. The molecule has 0 aliphatic carbocycles. The summed E-state index contributed by atoms with van der Waals surface area (Å²) in [6.07, 6.45) is -25.1. The molecule has 4 atom stereocenters. The quantitative estimate of drug-likeness (QED) is 0.0960. The average molecular weight is 1570 g/mol. The van der Waals surface area contributed by atoms with Crippen molar-refractivity contribution in [1.29, 1.82) is 5.26 Å². The average Bonchev–Trinajstić information content (AvgIpc) is 1.73. The van der Waals surface area contributed by atoms with E-state index < -0.39 is 125 Å². The zero-order valence-electron chi connectivity index (χ0n) is 54.9. The van der Waals surface area contributed by atoms with Gasteiger partial charge in [-0.05, 0) is 105 Å². The molecule has 0 radical (unpaired) electrons. The van der Waals surface area contributed by atoms with Crippen LogP contribution in [0.15, 0.2) is 110 Å². The Morgan fingerprint density at radius 2 is 0.720 bits per heavy atom. The van der Waals surface area contributed by atoms with Crippen LogP contribution in [0.2, 0.25) is 0 Å². The number of aromatic nitrogens is 15. The second kappa shape index (κ2) is 31.1. The first kappa shape index (κ1) is 82.1. The topological polar surface area (TPSA) is 263 Å². The van der Waals surface area contributed by atoms with Gasteiger partial charge in [0.05, 0.1) is 24.6 Å². The fourth-order valence-corrected chi connectivity index (χ4v) is 10.2. The molecule has 3 aliphatic rings. The van der Waals surface area contributed by atoms with E-state index in [0.29, 0.717) is 56.9 Å². The predicted octanol–water partition coefficient (Wildman–Crippen LogP) is 15.6. The zero-order chi connectivity index (χ0) is 76.6. The number of hydrogen-bond acceptors (Lipinski definition) is 22. The second-order valence-electron chi connectivity index (χ2n) is 24.2. The summed E-state index contributed by atoms with van der Waals surface area (Å²) >= 11 is 0. The molecule has 3 saturated heterocycles. The second-order valence-corrected chi connectivity index (χ2v) is 24.2. The number of hydrogen-bond donors (Lipinski definition) is 3. The van der Waals surface area contributed by atoms with Crippen molar-refractivity contribution in [3.8, 4) is 40.6 Å². The van der Waals surface area contributed by atoms with Crippen LogP contribution in [0.4, 0.5) is 145 Å². The summed E-state index contributed by atoms with van der Waals surface area (Å²) in [4.78, 5) is 61.6. The standard InChI is InChI=1S/C21H16F6N8.C21H19F6N7.C20H14F9N7.2H2S/c1-19(10-28)6-8-35(11-19)18-33-16(13-3-2-4-14(31-13)20(22,23)24)32-17(34-18)30-12-5-7-29-15(9-12)21(25,26)27;1-11-9-34(10-12(11)2)19-32-17(14-4-3-5-15(30-14)20(22,23)24)31-18(33-19)29-13-6-7-28-16(8-13)21(25,26)27;1-17(21)8-36(9-18(17,22)23)16-34-14(11-3-2-4-12(32-11)19(24,25)26)33-15(35-16)31-10-5-6-30-13(7-10)20(27,28)29;;/h2-5,7,9H,6,8,11H2,1H3,(H,29,30,32,33,34);3-8,11-12H,9-10H2,1-2H3,(H,28,29,31,32,33);2-7H,8-9H2,1H3,(H,30,31,33,34,35);2*1H2/t;11-,12-;;;/m.1.../s1. The molecule has 9 aromatic rings. The van der Waals surface area contributed by atoms with Crippen molar-refractivity contribution < 1.29 is 92.2 Å². The Kier molecular flexibility index (Phi) is 23.9. The summed E-state index contributed by atoms with van der Waals surface area (Å²) in [5.41, 5.74) is -11.8. The number of nitrogens with one attached hydrogen (secondary N) is 3. The zero-order valence-corrected chi connectivity index (χ0v) is 56.9. The Balaban J connectivity index is 0.000000201. The van der Waals surface area contributed by atoms with Crippen molar-refractivity contribution in [2.45, 2.75) is 82.8 Å². The van der Waals surface area contributed by atoms with Gasteiger partial charge in [-0.3, -0.25) is 15.0 Å². The minimum Gasteiger partial charge on any atom is -0.340 e. The number of halogens is 21. The minimum absolute atomic E-state index is 0. The van der Waals surface area contributed by atoms with Crippen LogP contribution in [0.3, 0.4) is 0 Å². The summed E-state index contributed by atoms with van der Waals surface area (Å²) in [7, 11) is 0. The third kappa shape index (κ3) is 20.3. The molecule has 2 unspecified atom stereocenters. The Morgan fingerprint density at radius 3 is 1.01 bits per heavy atom. The van der Waals surface area contributed by atoms with E-state index in [1.807, 2.05) is 4.90 Å². The normalized spacial score (nSPS) is 18.7. The van der Waals surface area contributed by atoms with Gasteiger partial charge in [0.2, 0.25) is 35.7 Å². The maximum absolute atomic E-state index is 14.4. The predicted molar refractivity (Wildman–Crippen MR) is 350 cm³/mol. The highest BCUT2D eigenvalue weighted by molar-refractivity contribution is 7.59. The molecule has 0 saturated carbocycles.